The van der Waals surface area contributed by atoms with Gasteiger partial charge in [0.1, 0.15) is 12.6 Å². The predicted molar refractivity (Wildman–Crippen MR) is 121 cm³/mol. The van der Waals surface area contributed by atoms with Crippen molar-refractivity contribution in [3.05, 3.63) is 33.8 Å². The number of carbonyl (C=O) groups is 3. The number of amides is 1. The third-order valence-electron chi connectivity index (χ3n) is 6.05. The van der Waals surface area contributed by atoms with Gasteiger partial charge >= 0.3 is 5.69 Å². The Morgan fingerprint density at radius 2 is 1.97 bits per heavy atom. The largest absolute Gasteiger partial charge is 0.343 e. The van der Waals surface area contributed by atoms with Gasteiger partial charge < -0.3 is 20.2 Å². The second-order valence-corrected chi connectivity index (χ2v) is 7.89. The van der Waals surface area contributed by atoms with Crippen LogP contribution in [0.2, 0.25) is 0 Å². The van der Waals surface area contributed by atoms with E-state index in [9.17, 15) is 19.2 Å². The van der Waals surface area contributed by atoms with E-state index in [4.69, 9.17) is 5.73 Å². The molecule has 8 heteroatoms. The van der Waals surface area contributed by atoms with Crippen LogP contribution in [0.4, 0.5) is 0 Å². The van der Waals surface area contributed by atoms with Crippen LogP contribution in [-0.2, 0) is 21.4 Å². The zero-order valence-electron chi connectivity index (χ0n) is 18.6. The molecule has 2 heterocycles. The Kier molecular flexibility index (Phi) is 9.18. The topological polar surface area (TPSA) is 107 Å². The first-order valence-corrected chi connectivity index (χ1v) is 10.9. The molecular weight excluding hydrogens is 396 g/mol. The maximum Gasteiger partial charge on any atom is 0.329 e. The molecule has 1 saturated heterocycles. The van der Waals surface area contributed by atoms with Gasteiger partial charge in [0.25, 0.3) is 0 Å². The van der Waals surface area contributed by atoms with Crippen molar-refractivity contribution in [2.24, 2.45) is 18.7 Å². The molecule has 1 fully saturated rings. The van der Waals surface area contributed by atoms with E-state index < -0.39 is 6.04 Å². The molecule has 0 aliphatic carbocycles. The first kappa shape index (κ1) is 24.5. The van der Waals surface area contributed by atoms with E-state index in [1.165, 1.54) is 4.57 Å². The average molecular weight is 431 g/mol. The van der Waals surface area contributed by atoms with Crippen molar-refractivity contribution in [1.82, 2.24) is 14.0 Å². The molecule has 2 N–H and O–H groups in total. The van der Waals surface area contributed by atoms with Crippen molar-refractivity contribution >= 4 is 30.1 Å². The third-order valence-corrected chi connectivity index (χ3v) is 6.05. The van der Waals surface area contributed by atoms with E-state index in [1.807, 2.05) is 17.9 Å². The van der Waals surface area contributed by atoms with Crippen molar-refractivity contribution in [2.75, 3.05) is 19.6 Å². The highest BCUT2D eigenvalue weighted by Crippen LogP contribution is 2.25. The lowest BCUT2D eigenvalue weighted by Crippen LogP contribution is -2.41. The number of allylic oxidation sites excluding steroid dienone is 1. The van der Waals surface area contributed by atoms with Gasteiger partial charge in [-0.25, -0.2) is 4.79 Å². The first-order chi connectivity index (χ1) is 14.9. The average Bonchev–Trinajstić information content (AvgIpc) is 3.04. The Bertz CT molecular complexity index is 980. The van der Waals surface area contributed by atoms with Crippen molar-refractivity contribution in [1.29, 1.82) is 0 Å². The van der Waals surface area contributed by atoms with Crippen LogP contribution in [0, 0.1) is 5.92 Å². The van der Waals surface area contributed by atoms with E-state index in [0.717, 1.165) is 36.3 Å². The molecule has 1 aliphatic rings. The SMILES string of the molecule is C=C/C(=c1\c(=C/C)n(C(C=O)CCC=O)c(=O)n1C)C1CCN(C(=O)CCCN)CC1. The number of hydrogen-bond donors (Lipinski definition) is 1. The van der Waals surface area contributed by atoms with Gasteiger partial charge in [-0.1, -0.05) is 18.7 Å². The van der Waals surface area contributed by atoms with Crippen LogP contribution in [0.15, 0.2) is 17.4 Å². The Morgan fingerprint density at radius 3 is 2.48 bits per heavy atom. The quantitative estimate of drug-likeness (QED) is 0.527. The summed E-state index contributed by atoms with van der Waals surface area (Å²) < 4.78 is 3.03. The van der Waals surface area contributed by atoms with E-state index in [-0.39, 0.29) is 30.4 Å². The number of aromatic nitrogens is 2. The summed E-state index contributed by atoms with van der Waals surface area (Å²) in [5.74, 6) is 0.287. The van der Waals surface area contributed by atoms with Gasteiger partial charge in [-0.15, -0.1) is 0 Å². The highest BCUT2D eigenvalue weighted by molar-refractivity contribution is 5.76. The van der Waals surface area contributed by atoms with E-state index in [2.05, 4.69) is 6.58 Å². The Hall–Kier alpha value is -2.74. The predicted octanol–water partition coefficient (Wildman–Crippen LogP) is 0.0205. The van der Waals surface area contributed by atoms with Crippen molar-refractivity contribution in [3.8, 4) is 0 Å². The molecule has 1 amide bonds. The fourth-order valence-corrected chi connectivity index (χ4v) is 4.39. The second kappa shape index (κ2) is 11.6. The minimum atomic E-state index is -0.697. The number of hydrogen-bond acceptors (Lipinski definition) is 5. The third kappa shape index (κ3) is 5.31. The van der Waals surface area contributed by atoms with Gasteiger partial charge in [0.05, 0.1) is 16.7 Å². The van der Waals surface area contributed by atoms with Gasteiger partial charge in [0.2, 0.25) is 5.91 Å². The summed E-state index contributed by atoms with van der Waals surface area (Å²) in [5, 5.41) is 1.40. The summed E-state index contributed by atoms with van der Waals surface area (Å²) in [7, 11) is 1.69. The molecule has 1 unspecified atom stereocenters. The van der Waals surface area contributed by atoms with Crippen LogP contribution >= 0.6 is 0 Å². The van der Waals surface area contributed by atoms with E-state index in [1.54, 1.807) is 17.7 Å². The number of rotatable bonds is 10. The molecule has 1 aliphatic heterocycles. The summed E-state index contributed by atoms with van der Waals surface area (Å²) in [6.07, 6.45) is 8.29. The van der Waals surface area contributed by atoms with E-state index >= 15 is 0 Å². The molecule has 1 aromatic rings. The minimum Gasteiger partial charge on any atom is -0.343 e. The maximum atomic E-state index is 13.0. The molecule has 0 saturated carbocycles. The fraction of sp³-hybridized carbons (Fsp3) is 0.565. The summed E-state index contributed by atoms with van der Waals surface area (Å²) in [5.41, 5.74) is 6.16. The van der Waals surface area contributed by atoms with Gasteiger partial charge in [0, 0.05) is 33.0 Å². The molecule has 0 spiro atoms. The lowest BCUT2D eigenvalue weighted by atomic mass is 9.88. The number of nitrogens with zero attached hydrogens (tertiary/aromatic N) is 3. The van der Waals surface area contributed by atoms with Crippen molar-refractivity contribution in [2.45, 2.75) is 51.5 Å². The number of nitrogens with two attached hydrogens (primary N) is 1. The lowest BCUT2D eigenvalue weighted by Gasteiger charge is -2.32. The normalized spacial score (nSPS) is 17.4. The number of likely N-dealkylation sites (tertiary alicyclic amines) is 1. The summed E-state index contributed by atoms with van der Waals surface area (Å²) in [4.78, 5) is 49.7. The summed E-state index contributed by atoms with van der Waals surface area (Å²) in [6, 6.07) is -0.697. The molecule has 0 radical (unpaired) electrons. The molecule has 8 nitrogen and oxygen atoms in total. The molecule has 170 valence electrons. The lowest BCUT2D eigenvalue weighted by molar-refractivity contribution is -0.132. The molecule has 1 atom stereocenters. The molecule has 1 aromatic heterocycles. The van der Waals surface area contributed by atoms with Crippen LogP contribution < -0.4 is 22.1 Å². The van der Waals surface area contributed by atoms with Gasteiger partial charge in [-0.05, 0) is 50.6 Å². The molecule has 0 bridgehead atoms. The Labute approximate surface area is 182 Å². The first-order valence-electron chi connectivity index (χ1n) is 10.9. The van der Waals surface area contributed by atoms with Crippen molar-refractivity contribution < 1.29 is 14.4 Å². The van der Waals surface area contributed by atoms with Crippen LogP contribution in [0.5, 0.6) is 0 Å². The number of piperidine rings is 1. The van der Waals surface area contributed by atoms with Gasteiger partial charge in [0.15, 0.2) is 0 Å². The smallest absolute Gasteiger partial charge is 0.329 e. The second-order valence-electron chi connectivity index (χ2n) is 7.89. The van der Waals surface area contributed by atoms with Crippen LogP contribution in [0.25, 0.3) is 11.6 Å². The van der Waals surface area contributed by atoms with E-state index in [0.29, 0.717) is 37.8 Å². The summed E-state index contributed by atoms with van der Waals surface area (Å²) in [6.45, 7) is 7.64. The highest BCUT2D eigenvalue weighted by Gasteiger charge is 2.26. The molecule has 0 aromatic carbocycles. The maximum absolute atomic E-state index is 13.0. The van der Waals surface area contributed by atoms with Crippen molar-refractivity contribution in [3.63, 3.8) is 0 Å². The number of carbonyl (C=O) groups excluding carboxylic acids is 3. The number of aldehydes is 2. The van der Waals surface area contributed by atoms with Gasteiger partial charge in [-0.2, -0.15) is 0 Å². The van der Waals surface area contributed by atoms with Gasteiger partial charge in [-0.3, -0.25) is 13.9 Å². The van der Waals surface area contributed by atoms with Crippen LogP contribution in [-0.4, -0.2) is 52.1 Å². The molecule has 31 heavy (non-hydrogen) atoms. The van der Waals surface area contributed by atoms with Crippen LogP contribution in [0.3, 0.4) is 0 Å². The highest BCUT2D eigenvalue weighted by atomic mass is 16.2. The monoisotopic (exact) mass is 430 g/mol. The zero-order chi connectivity index (χ0) is 23.0. The van der Waals surface area contributed by atoms with Crippen LogP contribution in [0.1, 0.15) is 51.5 Å². The fourth-order valence-electron chi connectivity index (χ4n) is 4.39. The summed E-state index contributed by atoms with van der Waals surface area (Å²) >= 11 is 0. The number of imidazole rings is 1. The standard InChI is InChI=1S/C23H34N4O4/c1-4-19(17-10-13-26(14-11-17)21(30)9-6-12-24)22-20(5-2)27(23(31)25(22)3)18(16-29)8-7-15-28/h4-5,15-18H,1,6-14,24H2,2-3H3/b20-5+,22-19-. The minimum absolute atomic E-state index is 0.134. The molecule has 2 rings (SSSR count). The molecular formula is C23H34N4O4. The Morgan fingerprint density at radius 1 is 1.29 bits per heavy atom. The zero-order valence-corrected chi connectivity index (χ0v) is 18.6. The Balaban J connectivity index is 2.46.